The second-order valence-electron chi connectivity index (χ2n) is 6.45. The fourth-order valence-corrected chi connectivity index (χ4v) is 3.24. The van der Waals surface area contributed by atoms with E-state index in [0.29, 0.717) is 12.3 Å². The van der Waals surface area contributed by atoms with Crippen molar-refractivity contribution in [3.8, 4) is 6.07 Å². The largest absolute Gasteiger partial charge is 0.341 e. The van der Waals surface area contributed by atoms with Gasteiger partial charge in [0.05, 0.1) is 11.0 Å². The van der Waals surface area contributed by atoms with Gasteiger partial charge in [0.1, 0.15) is 12.6 Å². The molecule has 26 heavy (non-hydrogen) atoms. The van der Waals surface area contributed by atoms with Crippen molar-refractivity contribution in [1.29, 1.82) is 5.26 Å². The number of hydrogen-bond donors (Lipinski definition) is 2. The number of hydrogen-bond acceptors (Lipinski definition) is 5. The minimum atomic E-state index is -0.766. The Labute approximate surface area is 151 Å². The van der Waals surface area contributed by atoms with Crippen molar-refractivity contribution in [2.24, 2.45) is 5.92 Å². The SMILES string of the molecule is N#CCNC(=O)[C@H](CC1CCCCC1)NC(=O)c1cccc([N+](=O)[O-])c1. The third-order valence-corrected chi connectivity index (χ3v) is 4.58. The van der Waals surface area contributed by atoms with Gasteiger partial charge in [-0.2, -0.15) is 5.26 Å². The highest BCUT2D eigenvalue weighted by molar-refractivity contribution is 5.98. The van der Waals surface area contributed by atoms with Gasteiger partial charge in [0.25, 0.3) is 11.6 Å². The number of nitro groups is 1. The number of amides is 2. The Kier molecular flexibility index (Phi) is 7.09. The lowest BCUT2D eigenvalue weighted by Crippen LogP contribution is -2.48. The predicted molar refractivity (Wildman–Crippen MR) is 94.2 cm³/mol. The Bertz CT molecular complexity index is 707. The van der Waals surface area contributed by atoms with Crippen molar-refractivity contribution in [1.82, 2.24) is 10.6 Å². The summed E-state index contributed by atoms with van der Waals surface area (Å²) in [7, 11) is 0. The minimum absolute atomic E-state index is 0.126. The van der Waals surface area contributed by atoms with E-state index in [-0.39, 0.29) is 17.8 Å². The Balaban J connectivity index is 2.09. The van der Waals surface area contributed by atoms with E-state index in [0.717, 1.165) is 25.7 Å². The molecule has 8 heteroatoms. The lowest BCUT2D eigenvalue weighted by molar-refractivity contribution is -0.384. The summed E-state index contributed by atoms with van der Waals surface area (Å²) in [6, 6.07) is 6.45. The molecule has 1 aliphatic rings. The van der Waals surface area contributed by atoms with E-state index < -0.39 is 22.8 Å². The second-order valence-corrected chi connectivity index (χ2v) is 6.45. The molecule has 1 atom stereocenters. The first-order chi connectivity index (χ1) is 12.5. The number of nitro benzene ring substituents is 1. The summed E-state index contributed by atoms with van der Waals surface area (Å²) in [5.74, 6) is -0.607. The predicted octanol–water partition coefficient (Wildman–Crippen LogP) is 2.30. The lowest BCUT2D eigenvalue weighted by atomic mass is 9.84. The van der Waals surface area contributed by atoms with Gasteiger partial charge in [-0.25, -0.2) is 0 Å². The number of rotatable bonds is 7. The molecule has 2 N–H and O–H groups in total. The molecular formula is C18H22N4O4. The molecular weight excluding hydrogens is 336 g/mol. The molecule has 0 saturated heterocycles. The van der Waals surface area contributed by atoms with E-state index in [1.54, 1.807) is 0 Å². The fourth-order valence-electron chi connectivity index (χ4n) is 3.24. The van der Waals surface area contributed by atoms with Crippen LogP contribution in [0.3, 0.4) is 0 Å². The highest BCUT2D eigenvalue weighted by Gasteiger charge is 2.26. The smallest absolute Gasteiger partial charge is 0.270 e. The monoisotopic (exact) mass is 358 g/mol. The lowest BCUT2D eigenvalue weighted by Gasteiger charge is -2.26. The average Bonchev–Trinajstić information content (AvgIpc) is 2.66. The molecule has 0 heterocycles. The molecule has 0 aromatic heterocycles. The molecule has 0 unspecified atom stereocenters. The first kappa shape index (κ1) is 19.4. The number of nitrogens with one attached hydrogen (secondary N) is 2. The molecule has 2 amide bonds. The summed E-state index contributed by atoms with van der Waals surface area (Å²) in [4.78, 5) is 35.1. The van der Waals surface area contributed by atoms with Gasteiger partial charge in [-0.1, -0.05) is 38.2 Å². The van der Waals surface area contributed by atoms with Crippen LogP contribution in [0.2, 0.25) is 0 Å². The zero-order valence-electron chi connectivity index (χ0n) is 14.4. The van der Waals surface area contributed by atoms with Crippen LogP contribution < -0.4 is 10.6 Å². The Hall–Kier alpha value is -2.95. The summed E-state index contributed by atoms with van der Waals surface area (Å²) in [6.45, 7) is -0.132. The van der Waals surface area contributed by atoms with Gasteiger partial charge in [-0.05, 0) is 18.4 Å². The zero-order valence-corrected chi connectivity index (χ0v) is 14.4. The van der Waals surface area contributed by atoms with Crippen molar-refractivity contribution in [3.63, 3.8) is 0 Å². The summed E-state index contributed by atoms with van der Waals surface area (Å²) in [5.41, 5.74) is -0.0589. The van der Waals surface area contributed by atoms with Crippen LogP contribution in [0.15, 0.2) is 24.3 Å². The van der Waals surface area contributed by atoms with E-state index in [1.165, 1.54) is 30.7 Å². The summed E-state index contributed by atoms with van der Waals surface area (Å²) in [6.07, 6.45) is 5.91. The van der Waals surface area contributed by atoms with E-state index >= 15 is 0 Å². The third kappa shape index (κ3) is 5.55. The molecule has 0 spiro atoms. The van der Waals surface area contributed by atoms with Crippen LogP contribution >= 0.6 is 0 Å². The molecule has 0 radical (unpaired) electrons. The first-order valence-electron chi connectivity index (χ1n) is 8.71. The number of nitriles is 1. The minimum Gasteiger partial charge on any atom is -0.341 e. The number of benzene rings is 1. The summed E-state index contributed by atoms with van der Waals surface area (Å²) < 4.78 is 0. The van der Waals surface area contributed by atoms with Gasteiger partial charge in [0.2, 0.25) is 5.91 Å². The maximum atomic E-state index is 12.5. The third-order valence-electron chi connectivity index (χ3n) is 4.58. The Morgan fingerprint density at radius 2 is 2.04 bits per heavy atom. The number of non-ortho nitro benzene ring substituents is 1. The zero-order chi connectivity index (χ0) is 18.9. The van der Waals surface area contributed by atoms with Gasteiger partial charge in [-0.15, -0.1) is 0 Å². The Morgan fingerprint density at radius 1 is 1.31 bits per heavy atom. The van der Waals surface area contributed by atoms with Gasteiger partial charge in [-0.3, -0.25) is 19.7 Å². The highest BCUT2D eigenvalue weighted by atomic mass is 16.6. The van der Waals surface area contributed by atoms with Crippen LogP contribution in [0, 0.1) is 27.4 Å². The van der Waals surface area contributed by atoms with E-state index in [2.05, 4.69) is 10.6 Å². The van der Waals surface area contributed by atoms with Crippen molar-refractivity contribution in [3.05, 3.63) is 39.9 Å². The van der Waals surface area contributed by atoms with Gasteiger partial charge >= 0.3 is 0 Å². The van der Waals surface area contributed by atoms with Crippen LogP contribution in [0.25, 0.3) is 0 Å². The van der Waals surface area contributed by atoms with Crippen LogP contribution in [-0.2, 0) is 4.79 Å². The fraction of sp³-hybridized carbons (Fsp3) is 0.500. The molecule has 0 bridgehead atoms. The van der Waals surface area contributed by atoms with Crippen LogP contribution in [0.5, 0.6) is 0 Å². The van der Waals surface area contributed by atoms with Crippen LogP contribution in [-0.4, -0.2) is 29.3 Å². The van der Waals surface area contributed by atoms with Crippen LogP contribution in [0.1, 0.15) is 48.9 Å². The van der Waals surface area contributed by atoms with Gasteiger partial charge < -0.3 is 10.6 Å². The van der Waals surface area contributed by atoms with Crippen molar-refractivity contribution in [2.75, 3.05) is 6.54 Å². The maximum Gasteiger partial charge on any atom is 0.270 e. The molecule has 138 valence electrons. The highest BCUT2D eigenvalue weighted by Crippen LogP contribution is 2.27. The molecule has 1 fully saturated rings. The molecule has 8 nitrogen and oxygen atoms in total. The summed E-state index contributed by atoms with van der Waals surface area (Å²) >= 11 is 0. The summed E-state index contributed by atoms with van der Waals surface area (Å²) in [5, 5.41) is 24.7. The molecule has 0 aliphatic heterocycles. The standard InChI is InChI=1S/C18H22N4O4/c19-9-10-20-18(24)16(11-13-5-2-1-3-6-13)21-17(23)14-7-4-8-15(12-14)22(25)26/h4,7-8,12-13,16H,1-3,5-6,10-11H2,(H,20,24)(H,21,23)/t16-/m0/s1. The molecule has 1 saturated carbocycles. The molecule has 1 aromatic carbocycles. The number of nitrogens with zero attached hydrogens (tertiary/aromatic N) is 2. The molecule has 1 aliphatic carbocycles. The maximum absolute atomic E-state index is 12.5. The number of carbonyl (C=O) groups is 2. The van der Waals surface area contributed by atoms with E-state index in [9.17, 15) is 19.7 Å². The average molecular weight is 358 g/mol. The molecule has 1 aromatic rings. The van der Waals surface area contributed by atoms with Crippen molar-refractivity contribution in [2.45, 2.75) is 44.6 Å². The van der Waals surface area contributed by atoms with Gasteiger partial charge in [0, 0.05) is 17.7 Å². The molecule has 2 rings (SSSR count). The van der Waals surface area contributed by atoms with Crippen LogP contribution in [0.4, 0.5) is 5.69 Å². The first-order valence-corrected chi connectivity index (χ1v) is 8.71. The topological polar surface area (TPSA) is 125 Å². The Morgan fingerprint density at radius 3 is 2.69 bits per heavy atom. The van der Waals surface area contributed by atoms with Crippen molar-refractivity contribution < 1.29 is 14.5 Å². The van der Waals surface area contributed by atoms with E-state index in [4.69, 9.17) is 5.26 Å². The van der Waals surface area contributed by atoms with E-state index in [1.807, 2.05) is 6.07 Å². The normalized spacial score (nSPS) is 15.5. The van der Waals surface area contributed by atoms with Gasteiger partial charge in [0.15, 0.2) is 0 Å². The quantitative estimate of drug-likeness (QED) is 0.439. The van der Waals surface area contributed by atoms with Crippen molar-refractivity contribution >= 4 is 17.5 Å². The second kappa shape index (κ2) is 9.51. The number of carbonyl (C=O) groups excluding carboxylic acids is 2.